The van der Waals surface area contributed by atoms with E-state index in [1.54, 1.807) is 19.2 Å². The molecule has 0 aromatic carbocycles. The summed E-state index contributed by atoms with van der Waals surface area (Å²) in [7, 11) is 3.64. The molecule has 4 heterocycles. The average molecular weight is 359 g/mol. The molecule has 3 atom stereocenters. The van der Waals surface area contributed by atoms with Gasteiger partial charge in [0.05, 0.1) is 19.4 Å². The van der Waals surface area contributed by atoms with Crippen LogP contribution in [0.4, 0.5) is 17.6 Å². The number of H-pyrrole nitrogens is 1. The van der Waals surface area contributed by atoms with Crippen molar-refractivity contribution in [1.82, 2.24) is 25.5 Å². The second-order valence-corrected chi connectivity index (χ2v) is 7.03. The van der Waals surface area contributed by atoms with Gasteiger partial charge < -0.3 is 25.4 Å². The van der Waals surface area contributed by atoms with Gasteiger partial charge in [-0.25, -0.2) is 0 Å². The molecular formula is C17H25N7O2. The van der Waals surface area contributed by atoms with Crippen molar-refractivity contribution in [2.75, 3.05) is 24.4 Å². The Hall–Kier alpha value is -2.39. The van der Waals surface area contributed by atoms with Crippen molar-refractivity contribution in [2.45, 2.75) is 50.4 Å². The van der Waals surface area contributed by atoms with Crippen LogP contribution in [0.25, 0.3) is 0 Å². The lowest BCUT2D eigenvalue weighted by Gasteiger charge is -2.35. The lowest BCUT2D eigenvalue weighted by atomic mass is 9.99. The van der Waals surface area contributed by atoms with Crippen LogP contribution in [0, 0.1) is 0 Å². The van der Waals surface area contributed by atoms with Crippen LogP contribution >= 0.6 is 0 Å². The number of piperidine rings is 1. The van der Waals surface area contributed by atoms with Gasteiger partial charge in [-0.1, -0.05) is 0 Å². The highest BCUT2D eigenvalue weighted by molar-refractivity contribution is 5.55. The summed E-state index contributed by atoms with van der Waals surface area (Å²) in [5.74, 6) is 2.32. The number of hydrogen-bond donors (Lipinski definition) is 4. The first-order chi connectivity index (χ1) is 12.6. The summed E-state index contributed by atoms with van der Waals surface area (Å²) < 4.78 is 5.35. The number of rotatable bonds is 6. The van der Waals surface area contributed by atoms with E-state index < -0.39 is 0 Å². The van der Waals surface area contributed by atoms with Crippen molar-refractivity contribution in [1.29, 1.82) is 0 Å². The smallest absolute Gasteiger partial charge is 0.230 e. The molecule has 0 spiro atoms. The Bertz CT molecular complexity index is 753. The Morgan fingerprint density at radius 1 is 1.23 bits per heavy atom. The number of aliphatic hydroxyl groups excluding tert-OH is 1. The van der Waals surface area contributed by atoms with E-state index in [9.17, 15) is 0 Å². The van der Waals surface area contributed by atoms with E-state index in [4.69, 9.17) is 9.84 Å². The van der Waals surface area contributed by atoms with E-state index >= 15 is 0 Å². The zero-order valence-electron chi connectivity index (χ0n) is 15.1. The van der Waals surface area contributed by atoms with Crippen LogP contribution in [0.3, 0.4) is 0 Å². The van der Waals surface area contributed by atoms with E-state index in [0.29, 0.717) is 47.3 Å². The third-order valence-electron chi connectivity index (χ3n) is 5.27. The summed E-state index contributed by atoms with van der Waals surface area (Å²) in [6, 6.07) is 5.09. The normalized spacial score (nSPS) is 24.5. The van der Waals surface area contributed by atoms with Gasteiger partial charge in [0, 0.05) is 37.3 Å². The second kappa shape index (κ2) is 7.08. The quantitative estimate of drug-likeness (QED) is 0.608. The van der Waals surface area contributed by atoms with Gasteiger partial charge in [0.1, 0.15) is 5.82 Å². The molecule has 2 fully saturated rings. The van der Waals surface area contributed by atoms with Crippen molar-refractivity contribution in [3.8, 4) is 5.88 Å². The van der Waals surface area contributed by atoms with Crippen LogP contribution in [0.5, 0.6) is 5.88 Å². The third-order valence-corrected chi connectivity index (χ3v) is 5.27. The Labute approximate surface area is 152 Å². The minimum absolute atomic E-state index is 0.0895. The maximum absolute atomic E-state index is 9.15. The summed E-state index contributed by atoms with van der Waals surface area (Å²) in [4.78, 5) is 11.3. The van der Waals surface area contributed by atoms with E-state index in [-0.39, 0.29) is 6.61 Å². The maximum Gasteiger partial charge on any atom is 0.230 e. The first-order valence-corrected chi connectivity index (χ1v) is 8.98. The van der Waals surface area contributed by atoms with Gasteiger partial charge in [0.15, 0.2) is 5.82 Å². The second-order valence-electron chi connectivity index (χ2n) is 7.03. The standard InChI is InChI=1S/C17H25N7O2/c1-24(13-5-10-3-4-11(6-13)18-10)17-20-14(8-16(21-17)26-2)19-15-7-12(9-25)22-23-15/h7-8,10-11,13,18,25H,3-6,9H2,1-2H3,(H2,19,20,21,22,23)/t10-,11?,13+/m0/s1. The fourth-order valence-corrected chi connectivity index (χ4v) is 3.88. The summed E-state index contributed by atoms with van der Waals surface area (Å²) >= 11 is 0. The molecule has 0 aliphatic carbocycles. The molecule has 2 aromatic rings. The van der Waals surface area contributed by atoms with E-state index in [0.717, 1.165) is 12.8 Å². The van der Waals surface area contributed by atoms with Gasteiger partial charge in [-0.05, 0) is 25.7 Å². The van der Waals surface area contributed by atoms with Crippen LogP contribution in [-0.4, -0.2) is 57.6 Å². The minimum Gasteiger partial charge on any atom is -0.481 e. The van der Waals surface area contributed by atoms with Crippen LogP contribution in [-0.2, 0) is 6.61 Å². The zero-order valence-corrected chi connectivity index (χ0v) is 15.1. The molecule has 2 saturated heterocycles. The Morgan fingerprint density at radius 3 is 2.65 bits per heavy atom. The third kappa shape index (κ3) is 3.45. The molecule has 0 radical (unpaired) electrons. The number of fused-ring (bicyclic) bond motifs is 2. The predicted molar refractivity (Wildman–Crippen MR) is 97.7 cm³/mol. The van der Waals surface area contributed by atoms with Crippen LogP contribution < -0.4 is 20.3 Å². The van der Waals surface area contributed by atoms with Crippen molar-refractivity contribution < 1.29 is 9.84 Å². The van der Waals surface area contributed by atoms with E-state index in [2.05, 4.69) is 35.7 Å². The van der Waals surface area contributed by atoms with Crippen LogP contribution in [0.2, 0.25) is 0 Å². The number of aromatic amines is 1. The molecule has 2 bridgehead atoms. The fourth-order valence-electron chi connectivity index (χ4n) is 3.88. The number of methoxy groups -OCH3 is 1. The maximum atomic E-state index is 9.15. The first-order valence-electron chi connectivity index (χ1n) is 8.98. The monoisotopic (exact) mass is 359 g/mol. The lowest BCUT2D eigenvalue weighted by Crippen LogP contribution is -2.47. The molecule has 0 saturated carbocycles. The van der Waals surface area contributed by atoms with Gasteiger partial charge in [-0.2, -0.15) is 15.1 Å². The number of nitrogens with zero attached hydrogens (tertiary/aromatic N) is 4. The van der Waals surface area contributed by atoms with Crippen LogP contribution in [0.15, 0.2) is 12.1 Å². The van der Waals surface area contributed by atoms with Gasteiger partial charge >= 0.3 is 0 Å². The number of anilines is 3. The largest absolute Gasteiger partial charge is 0.481 e. The highest BCUT2D eigenvalue weighted by atomic mass is 16.5. The van der Waals surface area contributed by atoms with Crippen molar-refractivity contribution in [2.24, 2.45) is 0 Å². The Balaban J connectivity index is 1.55. The number of ether oxygens (including phenoxy) is 1. The number of nitrogens with one attached hydrogen (secondary N) is 3. The molecule has 4 rings (SSSR count). The minimum atomic E-state index is -0.0895. The van der Waals surface area contributed by atoms with Gasteiger partial charge in [-0.3, -0.25) is 5.10 Å². The van der Waals surface area contributed by atoms with Crippen molar-refractivity contribution in [3.63, 3.8) is 0 Å². The molecule has 1 unspecified atom stereocenters. The average Bonchev–Trinajstić information content (AvgIpc) is 3.26. The lowest BCUT2D eigenvalue weighted by molar-refractivity contribution is 0.276. The molecular weight excluding hydrogens is 334 g/mol. The molecule has 9 nitrogen and oxygen atoms in total. The van der Waals surface area contributed by atoms with E-state index in [1.807, 2.05) is 7.05 Å². The molecule has 140 valence electrons. The predicted octanol–water partition coefficient (Wildman–Crippen LogP) is 1.16. The van der Waals surface area contributed by atoms with Crippen molar-refractivity contribution in [3.05, 3.63) is 17.8 Å². The molecule has 9 heteroatoms. The summed E-state index contributed by atoms with van der Waals surface area (Å²) in [5, 5.41) is 22.8. The highest BCUT2D eigenvalue weighted by Crippen LogP contribution is 2.31. The van der Waals surface area contributed by atoms with E-state index in [1.165, 1.54) is 12.8 Å². The first kappa shape index (κ1) is 17.0. The topological polar surface area (TPSA) is 111 Å². The number of aliphatic hydroxyl groups is 1. The molecule has 26 heavy (non-hydrogen) atoms. The summed E-state index contributed by atoms with van der Waals surface area (Å²) in [6.07, 6.45) is 4.73. The zero-order chi connectivity index (χ0) is 18.1. The summed E-state index contributed by atoms with van der Waals surface area (Å²) in [6.45, 7) is -0.0895. The molecule has 0 amide bonds. The molecule has 2 aliphatic rings. The van der Waals surface area contributed by atoms with Gasteiger partial charge in [0.2, 0.25) is 11.8 Å². The highest BCUT2D eigenvalue weighted by Gasteiger charge is 2.35. The van der Waals surface area contributed by atoms with Crippen molar-refractivity contribution >= 4 is 17.6 Å². The van der Waals surface area contributed by atoms with Crippen LogP contribution in [0.1, 0.15) is 31.4 Å². The SMILES string of the molecule is COc1cc(Nc2cc(CO)[nH]n2)nc(N(C)[C@H]2CC3CC[C@@H](C2)N3)n1. The molecule has 2 aliphatic heterocycles. The van der Waals surface area contributed by atoms with Gasteiger partial charge in [-0.15, -0.1) is 0 Å². The van der Waals surface area contributed by atoms with Gasteiger partial charge in [0.25, 0.3) is 0 Å². The Kier molecular flexibility index (Phi) is 4.64. The number of aromatic nitrogens is 4. The molecule has 2 aromatic heterocycles. The Morgan fingerprint density at radius 2 is 2.00 bits per heavy atom. The number of hydrogen-bond acceptors (Lipinski definition) is 8. The fraction of sp³-hybridized carbons (Fsp3) is 0.588. The molecule has 4 N–H and O–H groups in total. The summed E-state index contributed by atoms with van der Waals surface area (Å²) in [5.41, 5.74) is 0.635.